The summed E-state index contributed by atoms with van der Waals surface area (Å²) in [7, 11) is 0. The van der Waals surface area contributed by atoms with Gasteiger partial charge in [-0.1, -0.05) is 19.3 Å². The lowest BCUT2D eigenvalue weighted by atomic mass is 9.98. The topological polar surface area (TPSA) is 72.7 Å². The van der Waals surface area contributed by atoms with E-state index in [0.29, 0.717) is 24.2 Å². The van der Waals surface area contributed by atoms with Crippen LogP contribution >= 0.6 is 11.3 Å². The van der Waals surface area contributed by atoms with Gasteiger partial charge in [-0.2, -0.15) is 0 Å². The maximum atomic E-state index is 12.2. The minimum absolute atomic E-state index is 0.0779. The highest BCUT2D eigenvalue weighted by Gasteiger charge is 2.14. The van der Waals surface area contributed by atoms with E-state index < -0.39 is 0 Å². The van der Waals surface area contributed by atoms with Gasteiger partial charge < -0.3 is 10.1 Å². The summed E-state index contributed by atoms with van der Waals surface area (Å²) in [5.41, 5.74) is -0.249. The van der Waals surface area contributed by atoms with Crippen LogP contribution in [0.2, 0.25) is 0 Å². The molecule has 2 aromatic rings. The van der Waals surface area contributed by atoms with Crippen LogP contribution in [0.5, 0.6) is 0 Å². The van der Waals surface area contributed by atoms with E-state index in [1.807, 2.05) is 0 Å². The Morgan fingerprint density at radius 3 is 3.04 bits per heavy atom. The van der Waals surface area contributed by atoms with Crippen molar-refractivity contribution >= 4 is 22.2 Å². The van der Waals surface area contributed by atoms with Crippen LogP contribution in [0.15, 0.2) is 22.6 Å². The summed E-state index contributed by atoms with van der Waals surface area (Å²) in [6, 6.07) is 0. The molecular formula is C16H21N3O3S. The Hall–Kier alpha value is -1.73. The van der Waals surface area contributed by atoms with Crippen molar-refractivity contribution in [1.82, 2.24) is 14.7 Å². The number of hydrogen-bond donors (Lipinski definition) is 1. The normalized spacial score (nSPS) is 15.8. The second-order valence-electron chi connectivity index (χ2n) is 5.77. The van der Waals surface area contributed by atoms with Crippen molar-refractivity contribution in [3.05, 3.63) is 33.7 Å². The van der Waals surface area contributed by atoms with Gasteiger partial charge in [0.15, 0.2) is 4.96 Å². The van der Waals surface area contributed by atoms with Crippen molar-refractivity contribution in [2.45, 2.75) is 44.6 Å². The van der Waals surface area contributed by atoms with Gasteiger partial charge >= 0.3 is 0 Å². The average molecular weight is 335 g/mol. The number of ether oxygens (including phenoxy) is 1. The molecule has 1 aliphatic carbocycles. The molecule has 1 fully saturated rings. The molecule has 1 amide bonds. The SMILES string of the molecule is O=C(NCCCOC1CCCCC1)c1cnc2sccn2c1=O. The third kappa shape index (κ3) is 3.97. The third-order valence-electron chi connectivity index (χ3n) is 4.10. The van der Waals surface area contributed by atoms with Gasteiger partial charge in [0.05, 0.1) is 6.10 Å². The molecule has 7 heteroatoms. The average Bonchev–Trinajstić information content (AvgIpc) is 3.05. The fraction of sp³-hybridized carbons (Fsp3) is 0.562. The lowest BCUT2D eigenvalue weighted by molar-refractivity contribution is 0.0273. The van der Waals surface area contributed by atoms with Gasteiger partial charge in [0, 0.05) is 30.9 Å². The molecule has 3 rings (SSSR count). The molecule has 0 saturated heterocycles. The Morgan fingerprint density at radius 1 is 1.39 bits per heavy atom. The molecule has 6 nitrogen and oxygen atoms in total. The van der Waals surface area contributed by atoms with Gasteiger partial charge in [-0.25, -0.2) is 4.98 Å². The van der Waals surface area contributed by atoms with Gasteiger partial charge in [0.25, 0.3) is 11.5 Å². The Kier molecular flexibility index (Phi) is 5.40. The Morgan fingerprint density at radius 2 is 2.22 bits per heavy atom. The highest BCUT2D eigenvalue weighted by molar-refractivity contribution is 7.15. The molecule has 1 N–H and O–H groups in total. The summed E-state index contributed by atoms with van der Waals surface area (Å²) in [5.74, 6) is -0.374. The number of nitrogens with one attached hydrogen (secondary N) is 1. The monoisotopic (exact) mass is 335 g/mol. The molecule has 0 spiro atoms. The van der Waals surface area contributed by atoms with E-state index in [-0.39, 0.29) is 17.0 Å². The number of hydrogen-bond acceptors (Lipinski definition) is 5. The van der Waals surface area contributed by atoms with Crippen molar-refractivity contribution in [3.63, 3.8) is 0 Å². The first-order valence-electron chi connectivity index (χ1n) is 8.10. The quantitative estimate of drug-likeness (QED) is 0.822. The van der Waals surface area contributed by atoms with E-state index in [4.69, 9.17) is 4.74 Å². The zero-order valence-corrected chi connectivity index (χ0v) is 13.8. The first kappa shape index (κ1) is 16.1. The predicted molar refractivity (Wildman–Crippen MR) is 89.1 cm³/mol. The van der Waals surface area contributed by atoms with Crippen LogP contribution in [-0.2, 0) is 4.74 Å². The van der Waals surface area contributed by atoms with E-state index in [1.165, 1.54) is 41.2 Å². The minimum atomic E-state index is -0.374. The Bertz CT molecular complexity index is 719. The molecule has 0 aromatic carbocycles. The number of amides is 1. The highest BCUT2D eigenvalue weighted by atomic mass is 32.1. The van der Waals surface area contributed by atoms with Gasteiger partial charge in [0.1, 0.15) is 5.56 Å². The van der Waals surface area contributed by atoms with Crippen molar-refractivity contribution < 1.29 is 9.53 Å². The Labute approximate surface area is 138 Å². The molecule has 0 unspecified atom stereocenters. The van der Waals surface area contributed by atoms with Crippen molar-refractivity contribution in [2.24, 2.45) is 0 Å². The van der Waals surface area contributed by atoms with E-state index in [9.17, 15) is 9.59 Å². The molecule has 2 heterocycles. The molecular weight excluding hydrogens is 314 g/mol. The summed E-state index contributed by atoms with van der Waals surface area (Å²) in [6.07, 6.45) is 10.2. The third-order valence-corrected chi connectivity index (χ3v) is 4.87. The zero-order chi connectivity index (χ0) is 16.1. The van der Waals surface area contributed by atoms with Gasteiger partial charge in [-0.05, 0) is 19.3 Å². The summed E-state index contributed by atoms with van der Waals surface area (Å²) in [6.45, 7) is 1.14. The molecule has 0 atom stereocenters. The molecule has 0 aliphatic heterocycles. The molecule has 0 bridgehead atoms. The van der Waals surface area contributed by atoms with Crippen LogP contribution in [0.3, 0.4) is 0 Å². The summed E-state index contributed by atoms with van der Waals surface area (Å²) >= 11 is 1.36. The zero-order valence-electron chi connectivity index (χ0n) is 13.0. The molecule has 0 radical (unpaired) electrons. The number of fused-ring (bicyclic) bond motifs is 1. The first-order chi connectivity index (χ1) is 11.3. The van der Waals surface area contributed by atoms with Crippen LogP contribution in [0.1, 0.15) is 48.9 Å². The maximum Gasteiger partial charge on any atom is 0.271 e. The number of thiazole rings is 1. The molecule has 23 heavy (non-hydrogen) atoms. The van der Waals surface area contributed by atoms with Crippen LogP contribution < -0.4 is 10.9 Å². The predicted octanol–water partition coefficient (Wildman–Crippen LogP) is 2.23. The minimum Gasteiger partial charge on any atom is -0.378 e. The second kappa shape index (κ2) is 7.70. The molecule has 1 aliphatic rings. The van der Waals surface area contributed by atoms with Gasteiger partial charge in [-0.3, -0.25) is 14.0 Å². The summed E-state index contributed by atoms with van der Waals surface area (Å²) in [4.78, 5) is 29.0. The van der Waals surface area contributed by atoms with Crippen LogP contribution in [0, 0.1) is 0 Å². The van der Waals surface area contributed by atoms with E-state index in [2.05, 4.69) is 10.3 Å². The standard InChI is InChI=1S/C16H21N3O3S/c20-14(13-11-18-16-19(15(13)21)8-10-23-16)17-7-4-9-22-12-5-2-1-3-6-12/h8,10-12H,1-7,9H2,(H,17,20). The van der Waals surface area contributed by atoms with Gasteiger partial charge in [0.2, 0.25) is 0 Å². The number of aromatic nitrogens is 2. The van der Waals surface area contributed by atoms with E-state index in [1.54, 1.807) is 11.6 Å². The van der Waals surface area contributed by atoms with Crippen LogP contribution in [0.4, 0.5) is 0 Å². The van der Waals surface area contributed by atoms with Crippen molar-refractivity contribution in [3.8, 4) is 0 Å². The smallest absolute Gasteiger partial charge is 0.271 e. The summed E-state index contributed by atoms with van der Waals surface area (Å²) in [5, 5.41) is 4.54. The fourth-order valence-corrected chi connectivity index (χ4v) is 3.51. The van der Waals surface area contributed by atoms with Crippen molar-refractivity contribution in [2.75, 3.05) is 13.2 Å². The van der Waals surface area contributed by atoms with Gasteiger partial charge in [-0.15, -0.1) is 11.3 Å². The molecule has 2 aromatic heterocycles. The molecule has 124 valence electrons. The lowest BCUT2D eigenvalue weighted by Crippen LogP contribution is -2.32. The van der Waals surface area contributed by atoms with E-state index >= 15 is 0 Å². The number of carbonyl (C=O) groups excluding carboxylic acids is 1. The van der Waals surface area contributed by atoms with Crippen LogP contribution in [-0.4, -0.2) is 34.5 Å². The second-order valence-corrected chi connectivity index (χ2v) is 6.65. The van der Waals surface area contributed by atoms with E-state index in [0.717, 1.165) is 19.3 Å². The largest absolute Gasteiger partial charge is 0.378 e. The molecule has 1 saturated carbocycles. The number of rotatable bonds is 6. The van der Waals surface area contributed by atoms with Crippen molar-refractivity contribution in [1.29, 1.82) is 0 Å². The highest BCUT2D eigenvalue weighted by Crippen LogP contribution is 2.20. The number of carbonyl (C=O) groups is 1. The first-order valence-corrected chi connectivity index (χ1v) is 8.98. The fourth-order valence-electron chi connectivity index (χ4n) is 2.83. The maximum absolute atomic E-state index is 12.2. The van der Waals surface area contributed by atoms with Crippen LogP contribution in [0.25, 0.3) is 4.96 Å². The lowest BCUT2D eigenvalue weighted by Gasteiger charge is -2.21. The summed E-state index contributed by atoms with van der Waals surface area (Å²) < 4.78 is 7.21. The number of nitrogens with zero attached hydrogens (tertiary/aromatic N) is 2. The Balaban J connectivity index is 1.45.